The predicted molar refractivity (Wildman–Crippen MR) is 92.6 cm³/mol. The van der Waals surface area contributed by atoms with Crippen LogP contribution in [-0.4, -0.2) is 38.6 Å². The average molecular weight is 293 g/mol. The number of hydrogen-bond acceptors (Lipinski definition) is 2. The summed E-state index contributed by atoms with van der Waals surface area (Å²) in [5.41, 5.74) is 4.12. The molecule has 2 aliphatic rings. The van der Waals surface area contributed by atoms with Crippen LogP contribution >= 0.6 is 0 Å². The lowest BCUT2D eigenvalue weighted by atomic mass is 9.63. The van der Waals surface area contributed by atoms with E-state index in [0.717, 1.165) is 18.4 Å². The number of nitrogens with zero attached hydrogens (tertiary/aromatic N) is 1. The minimum atomic E-state index is 0.469. The van der Waals surface area contributed by atoms with E-state index in [2.05, 4.69) is 45.1 Å². The summed E-state index contributed by atoms with van der Waals surface area (Å²) < 4.78 is 0. The highest BCUT2D eigenvalue weighted by Crippen LogP contribution is 2.49. The molecule has 122 valence electrons. The van der Waals surface area contributed by atoms with E-state index < -0.39 is 0 Å². The van der Waals surface area contributed by atoms with Crippen LogP contribution in [0.2, 0.25) is 0 Å². The molecule has 21 heavy (non-hydrogen) atoms. The van der Waals surface area contributed by atoms with E-state index >= 15 is 0 Å². The van der Waals surface area contributed by atoms with Crippen molar-refractivity contribution in [3.63, 3.8) is 0 Å². The van der Waals surface area contributed by atoms with Crippen molar-refractivity contribution >= 4 is 0 Å². The molecule has 1 N–H and O–H groups in total. The Kier molecular flexibility index (Phi) is 5.90. The van der Waals surface area contributed by atoms with E-state index in [1.165, 1.54) is 51.6 Å². The smallest absolute Gasteiger partial charge is 0.00127 e. The lowest BCUT2D eigenvalue weighted by Crippen LogP contribution is -2.35. The Bertz CT molecular complexity index is 368. The third-order valence-corrected chi connectivity index (χ3v) is 5.73. The molecule has 0 saturated heterocycles. The quantitative estimate of drug-likeness (QED) is 0.586. The Hall–Kier alpha value is -0.340. The molecule has 0 aromatic heterocycles. The Morgan fingerprint density at radius 1 is 1.24 bits per heavy atom. The molecular formula is C19H36N2. The number of nitrogens with one attached hydrogen (secondary N) is 1. The summed E-state index contributed by atoms with van der Waals surface area (Å²) in [6, 6.07) is 0. The van der Waals surface area contributed by atoms with E-state index in [0.29, 0.717) is 5.41 Å². The first-order valence-electron chi connectivity index (χ1n) is 8.97. The van der Waals surface area contributed by atoms with Crippen LogP contribution in [-0.2, 0) is 0 Å². The lowest BCUT2D eigenvalue weighted by Gasteiger charge is -2.43. The molecule has 2 nitrogen and oxygen atoms in total. The van der Waals surface area contributed by atoms with Gasteiger partial charge in [0.05, 0.1) is 0 Å². The van der Waals surface area contributed by atoms with Crippen molar-refractivity contribution in [3.05, 3.63) is 11.1 Å². The third kappa shape index (κ3) is 4.56. The van der Waals surface area contributed by atoms with Crippen molar-refractivity contribution < 1.29 is 0 Å². The van der Waals surface area contributed by atoms with Crippen molar-refractivity contribution in [3.8, 4) is 0 Å². The van der Waals surface area contributed by atoms with Crippen LogP contribution in [0, 0.1) is 17.3 Å². The average Bonchev–Trinajstić information content (AvgIpc) is 2.38. The summed E-state index contributed by atoms with van der Waals surface area (Å²) in [5, 5.41) is 3.71. The van der Waals surface area contributed by atoms with Gasteiger partial charge in [-0.15, -0.1) is 0 Å². The third-order valence-electron chi connectivity index (χ3n) is 5.73. The molecule has 0 radical (unpaired) electrons. The minimum Gasteiger partial charge on any atom is -0.316 e. The molecule has 0 aliphatic heterocycles. The van der Waals surface area contributed by atoms with Gasteiger partial charge in [0.1, 0.15) is 0 Å². The van der Waals surface area contributed by atoms with Crippen molar-refractivity contribution in [2.75, 3.05) is 33.7 Å². The van der Waals surface area contributed by atoms with E-state index in [9.17, 15) is 0 Å². The van der Waals surface area contributed by atoms with Crippen LogP contribution in [0.5, 0.6) is 0 Å². The van der Waals surface area contributed by atoms with Crippen LogP contribution in [0.25, 0.3) is 0 Å². The summed E-state index contributed by atoms with van der Waals surface area (Å²) in [6.07, 6.45) is 8.15. The fourth-order valence-electron chi connectivity index (χ4n) is 4.27. The largest absolute Gasteiger partial charge is 0.316 e. The summed E-state index contributed by atoms with van der Waals surface area (Å²) in [7, 11) is 4.31. The fourth-order valence-corrected chi connectivity index (χ4v) is 4.27. The van der Waals surface area contributed by atoms with Crippen molar-refractivity contribution in [1.29, 1.82) is 0 Å². The molecule has 2 heteroatoms. The van der Waals surface area contributed by atoms with Gasteiger partial charge in [0.25, 0.3) is 0 Å². The van der Waals surface area contributed by atoms with Gasteiger partial charge in [0.2, 0.25) is 0 Å². The van der Waals surface area contributed by atoms with Gasteiger partial charge in [-0.25, -0.2) is 0 Å². The Morgan fingerprint density at radius 2 is 2.00 bits per heavy atom. The number of allylic oxidation sites excluding steroid dienone is 2. The van der Waals surface area contributed by atoms with E-state index in [1.807, 2.05) is 11.1 Å². The van der Waals surface area contributed by atoms with E-state index in [-0.39, 0.29) is 0 Å². The topological polar surface area (TPSA) is 15.3 Å². The van der Waals surface area contributed by atoms with Crippen molar-refractivity contribution in [2.24, 2.45) is 17.3 Å². The monoisotopic (exact) mass is 292 g/mol. The molecule has 0 heterocycles. The first-order valence-corrected chi connectivity index (χ1v) is 8.97. The van der Waals surface area contributed by atoms with Crippen LogP contribution in [0.4, 0.5) is 0 Å². The SMILES string of the molecule is CC1CC2=C(CC1CNCCCN(C)C)C(C)(C)CCC2. The maximum absolute atomic E-state index is 3.71. The van der Waals surface area contributed by atoms with Gasteiger partial charge in [-0.05, 0) is 89.5 Å². The predicted octanol–water partition coefficient (Wildman–Crippen LogP) is 4.08. The summed E-state index contributed by atoms with van der Waals surface area (Å²) >= 11 is 0. The van der Waals surface area contributed by atoms with Gasteiger partial charge < -0.3 is 10.2 Å². The zero-order valence-electron chi connectivity index (χ0n) is 15.0. The molecule has 0 aromatic rings. The highest BCUT2D eigenvalue weighted by atomic mass is 15.1. The van der Waals surface area contributed by atoms with Gasteiger partial charge in [-0.2, -0.15) is 0 Å². The van der Waals surface area contributed by atoms with Gasteiger partial charge in [0, 0.05) is 0 Å². The van der Waals surface area contributed by atoms with Gasteiger partial charge in [-0.1, -0.05) is 31.9 Å². The second kappa shape index (κ2) is 7.28. The molecule has 0 saturated carbocycles. The van der Waals surface area contributed by atoms with Crippen LogP contribution in [0.1, 0.15) is 59.3 Å². The summed E-state index contributed by atoms with van der Waals surface area (Å²) in [5.74, 6) is 1.71. The molecule has 2 aliphatic carbocycles. The minimum absolute atomic E-state index is 0.469. The molecule has 2 unspecified atom stereocenters. The normalized spacial score (nSPS) is 28.9. The maximum Gasteiger partial charge on any atom is -0.00127 e. The van der Waals surface area contributed by atoms with Crippen molar-refractivity contribution in [1.82, 2.24) is 10.2 Å². The number of rotatable bonds is 6. The van der Waals surface area contributed by atoms with Crippen LogP contribution < -0.4 is 5.32 Å². The van der Waals surface area contributed by atoms with Crippen LogP contribution in [0.3, 0.4) is 0 Å². The zero-order chi connectivity index (χ0) is 15.5. The summed E-state index contributed by atoms with van der Waals surface area (Å²) in [6.45, 7) is 11.0. The first-order chi connectivity index (χ1) is 9.90. The van der Waals surface area contributed by atoms with Gasteiger partial charge in [0.15, 0.2) is 0 Å². The lowest BCUT2D eigenvalue weighted by molar-refractivity contribution is 0.250. The summed E-state index contributed by atoms with van der Waals surface area (Å²) in [4.78, 5) is 2.27. The van der Waals surface area contributed by atoms with E-state index in [1.54, 1.807) is 0 Å². The zero-order valence-corrected chi connectivity index (χ0v) is 15.0. The Balaban J connectivity index is 1.84. The van der Waals surface area contributed by atoms with Gasteiger partial charge >= 0.3 is 0 Å². The van der Waals surface area contributed by atoms with Crippen molar-refractivity contribution in [2.45, 2.75) is 59.3 Å². The van der Waals surface area contributed by atoms with Crippen LogP contribution in [0.15, 0.2) is 11.1 Å². The first kappa shape index (κ1) is 17.0. The second-order valence-corrected chi connectivity index (χ2v) is 8.33. The van der Waals surface area contributed by atoms with Gasteiger partial charge in [-0.3, -0.25) is 0 Å². The highest BCUT2D eigenvalue weighted by molar-refractivity contribution is 5.27. The molecule has 2 atom stereocenters. The molecular weight excluding hydrogens is 256 g/mol. The molecule has 0 fully saturated rings. The molecule has 0 spiro atoms. The maximum atomic E-state index is 3.71. The van der Waals surface area contributed by atoms with E-state index in [4.69, 9.17) is 0 Å². The molecule has 0 amide bonds. The molecule has 2 rings (SSSR count). The standard InChI is InChI=1S/C19H36N2/c1-15-12-16-8-6-9-19(2,3)18(16)13-17(15)14-20-10-7-11-21(4)5/h15,17,20H,6-14H2,1-5H3. The second-order valence-electron chi connectivity index (χ2n) is 8.33. The Labute approximate surface area is 132 Å². The Morgan fingerprint density at radius 3 is 2.71 bits per heavy atom. The highest BCUT2D eigenvalue weighted by Gasteiger charge is 2.36. The fraction of sp³-hybridized carbons (Fsp3) is 0.895. The molecule has 0 bridgehead atoms. The molecule has 0 aromatic carbocycles. The number of hydrogen-bond donors (Lipinski definition) is 1.